The second kappa shape index (κ2) is 4.54. The minimum atomic E-state index is -0.716. The fourth-order valence-corrected chi connectivity index (χ4v) is 4.23. The van der Waals surface area contributed by atoms with Gasteiger partial charge in [-0.1, -0.05) is 23.8 Å². The molecule has 3 heteroatoms. The molecule has 0 bridgehead atoms. The van der Waals surface area contributed by atoms with E-state index >= 15 is 0 Å². The molecule has 94 valence electrons. The topological polar surface area (TPSA) is 29.1 Å². The Morgan fingerprint density at radius 1 is 1.35 bits per heavy atom. The van der Waals surface area contributed by atoms with Crippen molar-refractivity contribution in [2.45, 2.75) is 39.3 Å². The summed E-state index contributed by atoms with van der Waals surface area (Å²) in [5, 5.41) is 3.61. The van der Waals surface area contributed by atoms with Crippen molar-refractivity contribution in [3.8, 4) is 0 Å². The van der Waals surface area contributed by atoms with Crippen LogP contribution in [0.4, 0.5) is 0 Å². The van der Waals surface area contributed by atoms with Gasteiger partial charge >= 0.3 is 0 Å². The highest BCUT2D eigenvalue weighted by Gasteiger charge is 2.32. The van der Waals surface area contributed by atoms with Gasteiger partial charge < -0.3 is 5.32 Å². The molecule has 1 aliphatic rings. The minimum Gasteiger partial charge on any atom is -0.303 e. The van der Waals surface area contributed by atoms with Gasteiger partial charge in [0, 0.05) is 33.9 Å². The molecule has 1 N–H and O–H groups in total. The summed E-state index contributed by atoms with van der Waals surface area (Å²) in [7, 11) is -0.716. The van der Waals surface area contributed by atoms with Crippen molar-refractivity contribution in [1.82, 2.24) is 5.32 Å². The standard InChI is InChI=1S/C14H21NOS/c1-10-5-6-12(11(2)7-10)13-8-17(16)9-14(3,4)15-13/h5-7,13,15H,8-9H2,1-4H3. The van der Waals surface area contributed by atoms with E-state index in [1.165, 1.54) is 16.7 Å². The molecule has 0 aromatic heterocycles. The van der Waals surface area contributed by atoms with Crippen LogP contribution in [0.5, 0.6) is 0 Å². The first kappa shape index (κ1) is 12.8. The highest BCUT2D eigenvalue weighted by molar-refractivity contribution is 7.85. The van der Waals surface area contributed by atoms with E-state index in [1.807, 2.05) is 0 Å². The molecule has 2 nitrogen and oxygen atoms in total. The Hall–Kier alpha value is -0.670. The first-order chi connectivity index (χ1) is 7.87. The Labute approximate surface area is 106 Å². The highest BCUT2D eigenvalue weighted by Crippen LogP contribution is 2.26. The molecule has 2 rings (SSSR count). The number of aryl methyl sites for hydroxylation is 2. The molecule has 0 aliphatic carbocycles. The summed E-state index contributed by atoms with van der Waals surface area (Å²) in [6, 6.07) is 6.72. The molecule has 2 atom stereocenters. The SMILES string of the molecule is Cc1ccc(C2CS(=O)CC(C)(C)N2)c(C)c1. The Morgan fingerprint density at radius 3 is 2.65 bits per heavy atom. The normalized spacial score (nSPS) is 28.0. The predicted molar refractivity (Wildman–Crippen MR) is 73.7 cm³/mol. The maximum atomic E-state index is 11.9. The van der Waals surface area contributed by atoms with Crippen molar-refractivity contribution in [2.24, 2.45) is 0 Å². The average molecular weight is 251 g/mol. The molecule has 17 heavy (non-hydrogen) atoms. The quantitative estimate of drug-likeness (QED) is 0.831. The molecule has 1 heterocycles. The van der Waals surface area contributed by atoms with Gasteiger partial charge in [0.2, 0.25) is 0 Å². The van der Waals surface area contributed by atoms with Crippen molar-refractivity contribution in [1.29, 1.82) is 0 Å². The van der Waals surface area contributed by atoms with E-state index in [4.69, 9.17) is 0 Å². The Balaban J connectivity index is 2.30. The van der Waals surface area contributed by atoms with Gasteiger partial charge in [0.05, 0.1) is 0 Å². The van der Waals surface area contributed by atoms with Gasteiger partial charge in [0.15, 0.2) is 0 Å². The van der Waals surface area contributed by atoms with Gasteiger partial charge in [-0.3, -0.25) is 4.21 Å². The van der Waals surface area contributed by atoms with Crippen LogP contribution in [0.2, 0.25) is 0 Å². The number of nitrogens with one attached hydrogen (secondary N) is 1. The number of hydrogen-bond donors (Lipinski definition) is 1. The fourth-order valence-electron chi connectivity index (χ4n) is 2.59. The Morgan fingerprint density at radius 2 is 2.06 bits per heavy atom. The molecule has 1 aromatic rings. The van der Waals surface area contributed by atoms with E-state index < -0.39 is 10.8 Å². The van der Waals surface area contributed by atoms with E-state index in [-0.39, 0.29) is 11.6 Å². The van der Waals surface area contributed by atoms with Gasteiger partial charge in [-0.05, 0) is 38.8 Å². The van der Waals surface area contributed by atoms with Crippen molar-refractivity contribution in [3.63, 3.8) is 0 Å². The number of benzene rings is 1. The van der Waals surface area contributed by atoms with Gasteiger partial charge in [-0.15, -0.1) is 0 Å². The second-order valence-electron chi connectivity index (χ2n) is 5.69. The third-order valence-electron chi connectivity index (χ3n) is 3.24. The van der Waals surface area contributed by atoms with Crippen LogP contribution in [0, 0.1) is 13.8 Å². The van der Waals surface area contributed by atoms with Crippen LogP contribution in [0.15, 0.2) is 18.2 Å². The van der Waals surface area contributed by atoms with Gasteiger partial charge in [-0.2, -0.15) is 0 Å². The molecule has 0 spiro atoms. The molecule has 0 saturated carbocycles. The van der Waals surface area contributed by atoms with Crippen molar-refractivity contribution < 1.29 is 4.21 Å². The zero-order valence-electron chi connectivity index (χ0n) is 11.0. The molecule has 1 saturated heterocycles. The summed E-state index contributed by atoms with van der Waals surface area (Å²) in [4.78, 5) is 0. The zero-order chi connectivity index (χ0) is 12.6. The van der Waals surface area contributed by atoms with Crippen LogP contribution >= 0.6 is 0 Å². The first-order valence-corrected chi connectivity index (χ1v) is 7.56. The molecule has 0 amide bonds. The highest BCUT2D eigenvalue weighted by atomic mass is 32.2. The maximum Gasteiger partial charge on any atom is 0.0443 e. The summed E-state index contributed by atoms with van der Waals surface area (Å²) in [5.41, 5.74) is 3.82. The van der Waals surface area contributed by atoms with E-state index in [1.54, 1.807) is 0 Å². The van der Waals surface area contributed by atoms with Crippen LogP contribution < -0.4 is 5.32 Å². The van der Waals surface area contributed by atoms with Gasteiger partial charge in [-0.25, -0.2) is 0 Å². The molecule has 2 unspecified atom stereocenters. The van der Waals surface area contributed by atoms with E-state index in [0.29, 0.717) is 0 Å². The smallest absolute Gasteiger partial charge is 0.0443 e. The summed E-state index contributed by atoms with van der Waals surface area (Å²) >= 11 is 0. The average Bonchev–Trinajstić information content (AvgIpc) is 2.13. The molecule has 1 aliphatic heterocycles. The van der Waals surface area contributed by atoms with Gasteiger partial charge in [0.1, 0.15) is 0 Å². The van der Waals surface area contributed by atoms with Crippen LogP contribution in [0.1, 0.15) is 36.6 Å². The Kier molecular flexibility index (Phi) is 3.41. The first-order valence-electron chi connectivity index (χ1n) is 6.07. The predicted octanol–water partition coefficient (Wildman–Crippen LogP) is 2.48. The molecular weight excluding hydrogens is 230 g/mol. The minimum absolute atomic E-state index is 0.0366. The lowest BCUT2D eigenvalue weighted by Gasteiger charge is -2.37. The second-order valence-corrected chi connectivity index (χ2v) is 7.19. The number of rotatable bonds is 1. The zero-order valence-corrected chi connectivity index (χ0v) is 11.9. The Bertz CT molecular complexity index is 454. The largest absolute Gasteiger partial charge is 0.303 e. The third-order valence-corrected chi connectivity index (χ3v) is 4.99. The van der Waals surface area contributed by atoms with Crippen molar-refractivity contribution >= 4 is 10.8 Å². The lowest BCUT2D eigenvalue weighted by molar-refractivity contribution is 0.368. The summed E-state index contributed by atoms with van der Waals surface area (Å²) < 4.78 is 11.9. The monoisotopic (exact) mass is 251 g/mol. The summed E-state index contributed by atoms with van der Waals surface area (Å²) in [5.74, 6) is 1.47. The van der Waals surface area contributed by atoms with Crippen LogP contribution in [0.3, 0.4) is 0 Å². The van der Waals surface area contributed by atoms with E-state index in [9.17, 15) is 4.21 Å². The third kappa shape index (κ3) is 2.96. The summed E-state index contributed by atoms with van der Waals surface area (Å²) in [6.07, 6.45) is 0. The maximum absolute atomic E-state index is 11.9. The van der Waals surface area contributed by atoms with Gasteiger partial charge in [0.25, 0.3) is 0 Å². The summed E-state index contributed by atoms with van der Waals surface area (Å²) in [6.45, 7) is 8.49. The fraction of sp³-hybridized carbons (Fsp3) is 0.571. The lowest BCUT2D eigenvalue weighted by atomic mass is 9.97. The number of hydrogen-bond acceptors (Lipinski definition) is 2. The molecule has 1 fully saturated rings. The molecular formula is C14H21NOS. The van der Waals surface area contributed by atoms with Crippen molar-refractivity contribution in [3.05, 3.63) is 34.9 Å². The van der Waals surface area contributed by atoms with E-state index in [2.05, 4.69) is 51.2 Å². The van der Waals surface area contributed by atoms with E-state index in [0.717, 1.165) is 11.5 Å². The van der Waals surface area contributed by atoms with Crippen LogP contribution in [0.25, 0.3) is 0 Å². The molecule has 0 radical (unpaired) electrons. The van der Waals surface area contributed by atoms with Crippen molar-refractivity contribution in [2.75, 3.05) is 11.5 Å². The van der Waals surface area contributed by atoms with Crippen LogP contribution in [-0.2, 0) is 10.8 Å². The van der Waals surface area contributed by atoms with Crippen LogP contribution in [-0.4, -0.2) is 21.3 Å². The lowest BCUT2D eigenvalue weighted by Crippen LogP contribution is -2.52. The molecule has 1 aromatic carbocycles.